The highest BCUT2D eigenvalue weighted by molar-refractivity contribution is 7.99. The fourth-order valence-corrected chi connectivity index (χ4v) is 1.93. The third kappa shape index (κ3) is 3.93. The largest absolute Gasteiger partial charge is 0.379 e. The number of para-hydroxylation sites is 1. The van der Waals surface area contributed by atoms with Gasteiger partial charge in [0.2, 0.25) is 0 Å². The lowest BCUT2D eigenvalue weighted by molar-refractivity contribution is -0.384. The number of nitro benzene ring substituents is 1. The van der Waals surface area contributed by atoms with Gasteiger partial charge in [-0.05, 0) is 25.7 Å². The van der Waals surface area contributed by atoms with E-state index in [4.69, 9.17) is 0 Å². The molecule has 0 aliphatic carbocycles. The van der Waals surface area contributed by atoms with Crippen molar-refractivity contribution in [2.24, 2.45) is 0 Å². The molecular formula is C12H18N2O2S. The Bertz CT molecular complexity index is 396. The lowest BCUT2D eigenvalue weighted by Gasteiger charge is -2.11. The summed E-state index contributed by atoms with van der Waals surface area (Å²) in [5.41, 5.74) is 1.49. The van der Waals surface area contributed by atoms with E-state index >= 15 is 0 Å². The number of nitrogens with one attached hydrogen (secondary N) is 1. The van der Waals surface area contributed by atoms with E-state index < -0.39 is 0 Å². The number of anilines is 1. The third-order valence-corrected chi connectivity index (χ3v) is 3.73. The Labute approximate surface area is 106 Å². The van der Waals surface area contributed by atoms with E-state index in [0.29, 0.717) is 16.5 Å². The molecule has 0 heterocycles. The Balaban J connectivity index is 2.71. The summed E-state index contributed by atoms with van der Waals surface area (Å²) in [7, 11) is 0. The zero-order valence-electron chi connectivity index (χ0n) is 10.4. The van der Waals surface area contributed by atoms with Crippen LogP contribution in [-0.4, -0.2) is 23.0 Å². The van der Waals surface area contributed by atoms with Crippen molar-refractivity contribution in [3.05, 3.63) is 33.9 Å². The molecule has 1 aromatic carbocycles. The van der Waals surface area contributed by atoms with Gasteiger partial charge in [-0.3, -0.25) is 10.1 Å². The number of nitro groups is 1. The average Bonchev–Trinajstić information content (AvgIpc) is 2.28. The van der Waals surface area contributed by atoms with Gasteiger partial charge in [0.25, 0.3) is 5.69 Å². The minimum atomic E-state index is -0.324. The lowest BCUT2D eigenvalue weighted by Crippen LogP contribution is -2.09. The molecule has 1 N–H and O–H groups in total. The maximum Gasteiger partial charge on any atom is 0.295 e. The van der Waals surface area contributed by atoms with Crippen LogP contribution in [0.3, 0.4) is 0 Å². The average molecular weight is 254 g/mol. The molecule has 1 unspecified atom stereocenters. The molecule has 0 aromatic heterocycles. The minimum Gasteiger partial charge on any atom is -0.379 e. The van der Waals surface area contributed by atoms with Crippen LogP contribution in [0.15, 0.2) is 18.2 Å². The highest BCUT2D eigenvalue weighted by atomic mass is 32.2. The summed E-state index contributed by atoms with van der Waals surface area (Å²) in [5.74, 6) is 0. The van der Waals surface area contributed by atoms with E-state index in [0.717, 1.165) is 13.0 Å². The molecule has 5 heteroatoms. The van der Waals surface area contributed by atoms with Crippen molar-refractivity contribution in [3.8, 4) is 0 Å². The number of aryl methyl sites for hydroxylation is 1. The minimum absolute atomic E-state index is 0.185. The normalized spacial score (nSPS) is 12.2. The van der Waals surface area contributed by atoms with E-state index in [1.165, 1.54) is 0 Å². The summed E-state index contributed by atoms with van der Waals surface area (Å²) in [5, 5.41) is 14.7. The molecule has 1 rings (SSSR count). The first kappa shape index (κ1) is 13.8. The standard InChI is InChI=1S/C12H18N2O2S/c1-9-5-4-6-11(12(9)14(15)16)13-8-7-10(2)17-3/h4-6,10,13H,7-8H2,1-3H3. The second-order valence-electron chi connectivity index (χ2n) is 3.99. The van der Waals surface area contributed by atoms with E-state index in [2.05, 4.69) is 18.5 Å². The molecule has 1 atom stereocenters. The van der Waals surface area contributed by atoms with Crippen molar-refractivity contribution >= 4 is 23.1 Å². The van der Waals surface area contributed by atoms with Gasteiger partial charge in [0, 0.05) is 17.4 Å². The topological polar surface area (TPSA) is 55.2 Å². The predicted molar refractivity (Wildman–Crippen MR) is 73.9 cm³/mol. The van der Waals surface area contributed by atoms with Crippen LogP contribution in [0.25, 0.3) is 0 Å². The van der Waals surface area contributed by atoms with Gasteiger partial charge in [0.1, 0.15) is 5.69 Å². The summed E-state index contributed by atoms with van der Waals surface area (Å²) in [6.07, 6.45) is 3.06. The summed E-state index contributed by atoms with van der Waals surface area (Å²) in [4.78, 5) is 10.6. The monoisotopic (exact) mass is 254 g/mol. The molecule has 0 bridgehead atoms. The Morgan fingerprint density at radius 3 is 2.82 bits per heavy atom. The van der Waals surface area contributed by atoms with Gasteiger partial charge < -0.3 is 5.32 Å². The third-order valence-electron chi connectivity index (χ3n) is 2.69. The van der Waals surface area contributed by atoms with Crippen LogP contribution in [0.4, 0.5) is 11.4 Å². The maximum atomic E-state index is 11.0. The van der Waals surface area contributed by atoms with Crippen molar-refractivity contribution in [2.45, 2.75) is 25.5 Å². The molecular weight excluding hydrogens is 236 g/mol. The number of nitrogens with zero attached hydrogens (tertiary/aromatic N) is 1. The van der Waals surface area contributed by atoms with Crippen molar-refractivity contribution in [3.63, 3.8) is 0 Å². The Hall–Kier alpha value is -1.23. The lowest BCUT2D eigenvalue weighted by atomic mass is 10.1. The number of thioether (sulfide) groups is 1. The molecule has 94 valence electrons. The van der Waals surface area contributed by atoms with E-state index in [1.807, 2.05) is 6.07 Å². The van der Waals surface area contributed by atoms with Crippen LogP contribution in [0.1, 0.15) is 18.9 Å². The van der Waals surface area contributed by atoms with Crippen molar-refractivity contribution in [1.82, 2.24) is 0 Å². The highest BCUT2D eigenvalue weighted by Gasteiger charge is 2.16. The first-order valence-corrected chi connectivity index (χ1v) is 6.85. The van der Waals surface area contributed by atoms with E-state index in [-0.39, 0.29) is 10.6 Å². The molecule has 0 radical (unpaired) electrons. The number of hydrogen-bond donors (Lipinski definition) is 1. The van der Waals surface area contributed by atoms with Gasteiger partial charge in [0.05, 0.1) is 4.92 Å². The zero-order valence-corrected chi connectivity index (χ0v) is 11.2. The predicted octanol–water partition coefficient (Wildman–Crippen LogP) is 3.46. The molecule has 1 aromatic rings. The Morgan fingerprint density at radius 1 is 1.53 bits per heavy atom. The molecule has 0 saturated carbocycles. The summed E-state index contributed by atoms with van der Waals surface area (Å²) >= 11 is 1.80. The molecule has 0 aliphatic rings. The van der Waals surface area contributed by atoms with Crippen LogP contribution in [0.2, 0.25) is 0 Å². The SMILES string of the molecule is CSC(C)CCNc1cccc(C)c1[N+](=O)[O-]. The molecule has 0 aliphatic heterocycles. The number of rotatable bonds is 6. The van der Waals surface area contributed by atoms with Crippen molar-refractivity contribution in [1.29, 1.82) is 0 Å². The quantitative estimate of drug-likeness (QED) is 0.624. The first-order valence-electron chi connectivity index (χ1n) is 5.57. The van der Waals surface area contributed by atoms with E-state index in [9.17, 15) is 10.1 Å². The zero-order chi connectivity index (χ0) is 12.8. The van der Waals surface area contributed by atoms with E-state index in [1.54, 1.807) is 30.8 Å². The fourth-order valence-electron chi connectivity index (χ4n) is 1.57. The van der Waals surface area contributed by atoms with Gasteiger partial charge in [-0.2, -0.15) is 11.8 Å². The van der Waals surface area contributed by atoms with Crippen LogP contribution in [0.5, 0.6) is 0 Å². The van der Waals surface area contributed by atoms with Crippen molar-refractivity contribution in [2.75, 3.05) is 18.1 Å². The second-order valence-corrected chi connectivity index (χ2v) is 5.27. The number of benzene rings is 1. The summed E-state index contributed by atoms with van der Waals surface area (Å²) < 4.78 is 0. The summed E-state index contributed by atoms with van der Waals surface area (Å²) in [6, 6.07) is 5.35. The Morgan fingerprint density at radius 2 is 2.24 bits per heavy atom. The molecule has 0 amide bonds. The second kappa shape index (κ2) is 6.49. The highest BCUT2D eigenvalue weighted by Crippen LogP contribution is 2.27. The van der Waals surface area contributed by atoms with Crippen LogP contribution < -0.4 is 5.32 Å². The Kier molecular flexibility index (Phi) is 5.28. The van der Waals surface area contributed by atoms with Gasteiger partial charge in [0.15, 0.2) is 0 Å². The maximum absolute atomic E-state index is 11.0. The summed E-state index contributed by atoms with van der Waals surface area (Å²) in [6.45, 7) is 4.66. The van der Waals surface area contributed by atoms with Crippen molar-refractivity contribution < 1.29 is 4.92 Å². The van der Waals surface area contributed by atoms with Crippen LogP contribution >= 0.6 is 11.8 Å². The van der Waals surface area contributed by atoms with Gasteiger partial charge >= 0.3 is 0 Å². The van der Waals surface area contributed by atoms with Crippen LogP contribution in [0, 0.1) is 17.0 Å². The van der Waals surface area contributed by atoms with Gasteiger partial charge in [-0.15, -0.1) is 0 Å². The van der Waals surface area contributed by atoms with Crippen LogP contribution in [-0.2, 0) is 0 Å². The first-order chi connectivity index (χ1) is 8.06. The molecule has 0 spiro atoms. The van der Waals surface area contributed by atoms with Gasteiger partial charge in [-0.1, -0.05) is 19.1 Å². The number of hydrogen-bond acceptors (Lipinski definition) is 4. The smallest absolute Gasteiger partial charge is 0.295 e. The molecule has 0 fully saturated rings. The van der Waals surface area contributed by atoms with Gasteiger partial charge in [-0.25, -0.2) is 0 Å². The molecule has 0 saturated heterocycles. The fraction of sp³-hybridized carbons (Fsp3) is 0.500. The molecule has 17 heavy (non-hydrogen) atoms. The molecule has 4 nitrogen and oxygen atoms in total.